The number of aromatic nitrogens is 2. The molecule has 1 atom stereocenters. The van der Waals surface area contributed by atoms with E-state index < -0.39 is 41.1 Å². The molecule has 13 heteroatoms. The number of anilines is 2. The molecule has 1 aliphatic rings. The van der Waals surface area contributed by atoms with Crippen molar-refractivity contribution in [1.82, 2.24) is 9.13 Å². The molecule has 0 radical (unpaired) electrons. The molecule has 0 saturated heterocycles. The van der Waals surface area contributed by atoms with Gasteiger partial charge in [-0.15, -0.1) is 13.2 Å². The number of fused-ring (bicyclic) bond motifs is 1. The molecule has 0 saturated carbocycles. The number of aliphatic hydroxyl groups is 1. The molecular weight excluding hydrogens is 500 g/mol. The van der Waals surface area contributed by atoms with Crippen molar-refractivity contribution in [2.24, 2.45) is 7.05 Å². The minimum absolute atomic E-state index is 0.0135. The Morgan fingerprint density at radius 3 is 2.32 bits per heavy atom. The van der Waals surface area contributed by atoms with Crippen molar-refractivity contribution in [3.63, 3.8) is 0 Å². The molecule has 1 aliphatic heterocycles. The minimum Gasteiger partial charge on any atom is -0.452 e. The van der Waals surface area contributed by atoms with Crippen molar-refractivity contribution in [1.29, 1.82) is 0 Å². The number of rotatable bonds is 7. The molecule has 1 unspecified atom stereocenters. The molecule has 2 heterocycles. The standard InChI is InChI=1S/C24H24F4N4O5/c1-23(2,35)13-32-20(33)18-19(30(3)22(32)34)29-21(31(18)12-14-7-9-15(25)10-8-14)36-16-5-4-6-17(11-16)37-24(26,27)28/h4-11,21,29,35H,12-13H2,1-3H3. The zero-order valence-electron chi connectivity index (χ0n) is 20.0. The minimum atomic E-state index is -4.90. The van der Waals surface area contributed by atoms with Crippen molar-refractivity contribution in [2.75, 3.05) is 10.2 Å². The van der Waals surface area contributed by atoms with Crippen LogP contribution in [0.2, 0.25) is 0 Å². The summed E-state index contributed by atoms with van der Waals surface area (Å²) in [5.74, 6) is -0.881. The Kier molecular flexibility index (Phi) is 6.67. The van der Waals surface area contributed by atoms with Gasteiger partial charge in [0.1, 0.15) is 28.8 Å². The van der Waals surface area contributed by atoms with E-state index in [4.69, 9.17) is 4.74 Å². The van der Waals surface area contributed by atoms with Crippen LogP contribution in [0.1, 0.15) is 19.4 Å². The molecule has 9 nitrogen and oxygen atoms in total. The molecule has 2 aromatic carbocycles. The van der Waals surface area contributed by atoms with Gasteiger partial charge in [0, 0.05) is 19.7 Å². The van der Waals surface area contributed by atoms with Gasteiger partial charge in [-0.05, 0) is 43.7 Å². The molecule has 0 amide bonds. The van der Waals surface area contributed by atoms with Gasteiger partial charge >= 0.3 is 12.1 Å². The molecule has 3 aromatic rings. The summed E-state index contributed by atoms with van der Waals surface area (Å²) >= 11 is 0. The third-order valence-corrected chi connectivity index (χ3v) is 5.45. The van der Waals surface area contributed by atoms with Crippen LogP contribution in [0.4, 0.5) is 29.1 Å². The van der Waals surface area contributed by atoms with E-state index in [0.717, 1.165) is 16.7 Å². The molecule has 37 heavy (non-hydrogen) atoms. The van der Waals surface area contributed by atoms with Crippen LogP contribution >= 0.6 is 0 Å². The van der Waals surface area contributed by atoms with Crippen molar-refractivity contribution in [2.45, 2.75) is 45.3 Å². The van der Waals surface area contributed by atoms with Crippen LogP contribution < -0.4 is 30.9 Å². The Hall–Kier alpha value is -4.00. The molecule has 0 aliphatic carbocycles. The Labute approximate surface area is 208 Å². The van der Waals surface area contributed by atoms with Crippen LogP contribution in [0.25, 0.3) is 0 Å². The lowest BCUT2D eigenvalue weighted by atomic mass is 10.1. The number of alkyl halides is 3. The second kappa shape index (κ2) is 9.47. The lowest BCUT2D eigenvalue weighted by molar-refractivity contribution is -0.274. The van der Waals surface area contributed by atoms with Crippen molar-refractivity contribution < 1.29 is 32.1 Å². The molecular formula is C24H24F4N4O5. The highest BCUT2D eigenvalue weighted by Gasteiger charge is 2.37. The highest BCUT2D eigenvalue weighted by atomic mass is 19.4. The van der Waals surface area contributed by atoms with Crippen LogP contribution in [-0.4, -0.2) is 32.6 Å². The Morgan fingerprint density at radius 1 is 1.05 bits per heavy atom. The van der Waals surface area contributed by atoms with Crippen LogP contribution in [-0.2, 0) is 20.1 Å². The van der Waals surface area contributed by atoms with E-state index in [1.807, 2.05) is 0 Å². The Bertz CT molecular complexity index is 1410. The second-order valence-corrected chi connectivity index (χ2v) is 9.13. The van der Waals surface area contributed by atoms with Gasteiger partial charge < -0.3 is 24.8 Å². The summed E-state index contributed by atoms with van der Waals surface area (Å²) in [5, 5.41) is 13.2. The van der Waals surface area contributed by atoms with E-state index in [1.165, 1.54) is 66.8 Å². The van der Waals surface area contributed by atoms with Gasteiger partial charge in [0.25, 0.3) is 11.9 Å². The van der Waals surface area contributed by atoms with E-state index >= 15 is 0 Å². The van der Waals surface area contributed by atoms with E-state index in [0.29, 0.717) is 5.56 Å². The molecule has 0 spiro atoms. The number of ether oxygens (including phenoxy) is 2. The summed E-state index contributed by atoms with van der Waals surface area (Å²) in [5.41, 5.74) is -2.17. The number of hydrogen-bond donors (Lipinski definition) is 2. The topological polar surface area (TPSA) is 98.0 Å². The first kappa shape index (κ1) is 26.1. The molecule has 198 valence electrons. The van der Waals surface area contributed by atoms with E-state index in [-0.39, 0.29) is 30.3 Å². The first-order valence-corrected chi connectivity index (χ1v) is 11.1. The zero-order valence-corrected chi connectivity index (χ0v) is 20.0. The maximum atomic E-state index is 13.5. The van der Waals surface area contributed by atoms with E-state index in [1.54, 1.807) is 0 Å². The average molecular weight is 524 g/mol. The van der Waals surface area contributed by atoms with Crippen molar-refractivity contribution in [3.05, 3.63) is 80.7 Å². The van der Waals surface area contributed by atoms with E-state index in [2.05, 4.69) is 10.1 Å². The van der Waals surface area contributed by atoms with E-state index in [9.17, 15) is 32.3 Å². The summed E-state index contributed by atoms with van der Waals surface area (Å²) < 4.78 is 63.4. The SMILES string of the molecule is Cn1c2c(c(=O)n(CC(C)(C)O)c1=O)N(Cc1ccc(F)cc1)C(Oc1cccc(OC(F)(F)F)c1)N2. The molecule has 0 fully saturated rings. The first-order chi connectivity index (χ1) is 17.2. The summed E-state index contributed by atoms with van der Waals surface area (Å²) in [6, 6.07) is 10.3. The summed E-state index contributed by atoms with van der Waals surface area (Å²) in [6.45, 7) is 2.61. The largest absolute Gasteiger partial charge is 0.573 e. The zero-order chi connectivity index (χ0) is 27.1. The van der Waals surface area contributed by atoms with Gasteiger partial charge in [0.15, 0.2) is 0 Å². The third kappa shape index (κ3) is 5.88. The van der Waals surface area contributed by atoms with Crippen LogP contribution in [0.5, 0.6) is 11.5 Å². The van der Waals surface area contributed by atoms with Gasteiger partial charge in [0.2, 0.25) is 0 Å². The predicted octanol–water partition coefficient (Wildman–Crippen LogP) is 3.15. The van der Waals surface area contributed by atoms with Gasteiger partial charge in [-0.1, -0.05) is 18.2 Å². The Morgan fingerprint density at radius 2 is 1.70 bits per heavy atom. The highest BCUT2D eigenvalue weighted by Crippen LogP contribution is 2.34. The van der Waals surface area contributed by atoms with Gasteiger partial charge in [-0.2, -0.15) is 0 Å². The maximum absolute atomic E-state index is 13.5. The number of benzene rings is 2. The molecule has 1 aromatic heterocycles. The lowest BCUT2D eigenvalue weighted by Crippen LogP contribution is -2.46. The summed E-state index contributed by atoms with van der Waals surface area (Å²) in [7, 11) is 1.42. The van der Waals surface area contributed by atoms with Gasteiger partial charge in [-0.3, -0.25) is 13.9 Å². The van der Waals surface area contributed by atoms with Gasteiger partial charge in [-0.25, -0.2) is 9.18 Å². The highest BCUT2D eigenvalue weighted by molar-refractivity contribution is 5.71. The summed E-state index contributed by atoms with van der Waals surface area (Å²) in [4.78, 5) is 27.9. The predicted molar refractivity (Wildman–Crippen MR) is 126 cm³/mol. The number of nitrogens with one attached hydrogen (secondary N) is 1. The maximum Gasteiger partial charge on any atom is 0.573 e. The molecule has 0 bridgehead atoms. The smallest absolute Gasteiger partial charge is 0.452 e. The van der Waals surface area contributed by atoms with Gasteiger partial charge in [0.05, 0.1) is 12.1 Å². The third-order valence-electron chi connectivity index (χ3n) is 5.45. The fraction of sp³-hybridized carbons (Fsp3) is 0.333. The molecule has 2 N–H and O–H groups in total. The quantitative estimate of drug-likeness (QED) is 0.459. The fourth-order valence-electron chi connectivity index (χ4n) is 3.93. The second-order valence-electron chi connectivity index (χ2n) is 9.13. The fourth-order valence-corrected chi connectivity index (χ4v) is 3.93. The van der Waals surface area contributed by atoms with Crippen molar-refractivity contribution >= 4 is 11.5 Å². The summed E-state index contributed by atoms with van der Waals surface area (Å²) in [6.07, 6.45) is -6.05. The lowest BCUT2D eigenvalue weighted by Gasteiger charge is -2.27. The van der Waals surface area contributed by atoms with Crippen LogP contribution in [0.15, 0.2) is 58.1 Å². The molecule has 4 rings (SSSR count). The van der Waals surface area contributed by atoms with Crippen molar-refractivity contribution in [3.8, 4) is 11.5 Å². The number of halogens is 4. The Balaban J connectivity index is 1.77. The van der Waals surface area contributed by atoms with Crippen LogP contribution in [0, 0.1) is 5.82 Å². The first-order valence-electron chi connectivity index (χ1n) is 11.1. The average Bonchev–Trinajstić information content (AvgIpc) is 3.13. The number of nitrogens with zero attached hydrogens (tertiary/aromatic N) is 3. The van der Waals surface area contributed by atoms with Crippen LogP contribution in [0.3, 0.4) is 0 Å². The monoisotopic (exact) mass is 524 g/mol. The normalized spacial score (nSPS) is 15.4. The number of hydrogen-bond acceptors (Lipinski definition) is 7.